The minimum Gasteiger partial charge on any atom is -0.379 e. The lowest BCUT2D eigenvalue weighted by atomic mass is 9.65. The minimum atomic E-state index is 0. The highest BCUT2D eigenvalue weighted by Gasteiger charge is 2.40. The van der Waals surface area contributed by atoms with E-state index in [0.29, 0.717) is 24.4 Å². The van der Waals surface area contributed by atoms with Gasteiger partial charge in [0.2, 0.25) is 5.91 Å². The highest BCUT2D eigenvalue weighted by molar-refractivity contribution is 5.85. The Kier molecular flexibility index (Phi) is 9.70. The summed E-state index contributed by atoms with van der Waals surface area (Å²) < 4.78 is 5.52. The summed E-state index contributed by atoms with van der Waals surface area (Å²) in [7, 11) is 0. The number of benzene rings is 1. The predicted molar refractivity (Wildman–Crippen MR) is 121 cm³/mol. The number of ether oxygens (including phenoxy) is 1. The molecule has 5 nitrogen and oxygen atoms in total. The van der Waals surface area contributed by atoms with Gasteiger partial charge >= 0.3 is 0 Å². The molecule has 3 unspecified atom stereocenters. The Balaban J connectivity index is 0.00000150. The number of fused-ring (bicyclic) bond motifs is 2. The fraction of sp³-hybridized carbons (Fsp3) is 0.682. The Morgan fingerprint density at radius 1 is 1.10 bits per heavy atom. The van der Waals surface area contributed by atoms with E-state index in [1.165, 1.54) is 24.8 Å². The second kappa shape index (κ2) is 11.5. The normalized spacial score (nSPS) is 30.4. The molecule has 3 aliphatic rings. The molecule has 1 aromatic rings. The summed E-state index contributed by atoms with van der Waals surface area (Å²) in [5, 5.41) is 3.29. The van der Waals surface area contributed by atoms with Crippen LogP contribution < -0.4 is 11.1 Å². The van der Waals surface area contributed by atoms with Crippen LogP contribution in [0, 0.1) is 17.8 Å². The third-order valence-electron chi connectivity index (χ3n) is 6.92. The molecule has 0 spiro atoms. The van der Waals surface area contributed by atoms with E-state index in [4.69, 9.17) is 10.5 Å². The molecule has 7 heteroatoms. The van der Waals surface area contributed by atoms with Crippen LogP contribution in [-0.4, -0.2) is 49.7 Å². The fourth-order valence-electron chi connectivity index (χ4n) is 5.37. The number of halogens is 2. The van der Waals surface area contributed by atoms with Gasteiger partial charge in [-0.25, -0.2) is 0 Å². The molecule has 3 atom stereocenters. The minimum absolute atomic E-state index is 0. The van der Waals surface area contributed by atoms with Crippen LogP contribution in [0.4, 0.5) is 0 Å². The second-order valence-corrected chi connectivity index (χ2v) is 8.52. The molecule has 1 aliphatic heterocycles. The topological polar surface area (TPSA) is 67.6 Å². The van der Waals surface area contributed by atoms with E-state index in [2.05, 4.69) is 34.5 Å². The maximum absolute atomic E-state index is 13.0. The summed E-state index contributed by atoms with van der Waals surface area (Å²) in [6, 6.07) is 11.1. The van der Waals surface area contributed by atoms with Crippen LogP contribution in [0.25, 0.3) is 0 Å². The van der Waals surface area contributed by atoms with Crippen LogP contribution in [-0.2, 0) is 9.53 Å². The monoisotopic (exact) mass is 443 g/mol. The summed E-state index contributed by atoms with van der Waals surface area (Å²) in [6.45, 7) is 4.03. The van der Waals surface area contributed by atoms with Crippen LogP contribution in [0.15, 0.2) is 30.3 Å². The number of rotatable bonds is 5. The lowest BCUT2D eigenvalue weighted by Crippen LogP contribution is -2.50. The molecule has 3 fully saturated rings. The van der Waals surface area contributed by atoms with Crippen molar-refractivity contribution >= 4 is 30.7 Å². The van der Waals surface area contributed by atoms with E-state index < -0.39 is 0 Å². The average Bonchev–Trinajstić information content (AvgIpc) is 2.69. The summed E-state index contributed by atoms with van der Waals surface area (Å²) >= 11 is 0. The van der Waals surface area contributed by atoms with E-state index in [1.807, 2.05) is 6.07 Å². The first-order chi connectivity index (χ1) is 13.2. The molecule has 1 amide bonds. The molecule has 0 aromatic heterocycles. The van der Waals surface area contributed by atoms with Gasteiger partial charge in [0.25, 0.3) is 0 Å². The van der Waals surface area contributed by atoms with E-state index in [-0.39, 0.29) is 42.7 Å². The van der Waals surface area contributed by atoms with Crippen molar-refractivity contribution in [3.8, 4) is 0 Å². The molecule has 29 heavy (non-hydrogen) atoms. The molecule has 2 aliphatic carbocycles. The molecule has 1 heterocycles. The number of hydrogen-bond acceptors (Lipinski definition) is 4. The van der Waals surface area contributed by atoms with Crippen LogP contribution in [0.1, 0.15) is 43.7 Å². The second-order valence-electron chi connectivity index (χ2n) is 8.52. The van der Waals surface area contributed by atoms with Crippen molar-refractivity contribution in [3.05, 3.63) is 35.9 Å². The number of nitrogens with zero attached hydrogens (tertiary/aromatic N) is 1. The molecular formula is C22H35Cl2N3O2. The Morgan fingerprint density at radius 3 is 2.34 bits per heavy atom. The standard InChI is InChI=1S/C22H33N3O2.2ClH/c23-21-17-7-4-8-18(21)14-19(13-17)22(26)24-15-20(16-5-2-1-3-6-16)25-9-11-27-12-10-25;;/h1-3,5-6,17-21H,4,7-15,23H2,(H,24,26);2*1H. The van der Waals surface area contributed by atoms with Crippen molar-refractivity contribution in [3.63, 3.8) is 0 Å². The molecule has 0 radical (unpaired) electrons. The zero-order valence-electron chi connectivity index (χ0n) is 17.0. The highest BCUT2D eigenvalue weighted by Crippen LogP contribution is 2.41. The number of nitrogens with one attached hydrogen (secondary N) is 1. The van der Waals surface area contributed by atoms with Gasteiger partial charge in [0.15, 0.2) is 0 Å². The largest absolute Gasteiger partial charge is 0.379 e. The number of carbonyl (C=O) groups is 1. The smallest absolute Gasteiger partial charge is 0.223 e. The van der Waals surface area contributed by atoms with E-state index in [1.54, 1.807) is 0 Å². The number of morpholine rings is 1. The Labute approximate surface area is 186 Å². The van der Waals surface area contributed by atoms with Crippen molar-refractivity contribution < 1.29 is 9.53 Å². The van der Waals surface area contributed by atoms with E-state index in [9.17, 15) is 4.79 Å². The van der Waals surface area contributed by atoms with Gasteiger partial charge < -0.3 is 15.8 Å². The summed E-state index contributed by atoms with van der Waals surface area (Å²) in [6.07, 6.45) is 5.61. The molecule has 4 rings (SSSR count). The molecule has 164 valence electrons. The molecule has 3 N–H and O–H groups in total. The van der Waals surface area contributed by atoms with E-state index in [0.717, 1.165) is 39.1 Å². The van der Waals surface area contributed by atoms with Crippen LogP contribution in [0.3, 0.4) is 0 Å². The summed E-state index contributed by atoms with van der Waals surface area (Å²) in [4.78, 5) is 15.4. The predicted octanol–water partition coefficient (Wildman–Crippen LogP) is 3.17. The van der Waals surface area contributed by atoms with Gasteiger partial charge in [0.05, 0.1) is 19.3 Å². The maximum Gasteiger partial charge on any atom is 0.223 e. The van der Waals surface area contributed by atoms with Gasteiger partial charge in [-0.1, -0.05) is 36.8 Å². The lowest BCUT2D eigenvalue weighted by Gasteiger charge is -2.43. The average molecular weight is 444 g/mol. The quantitative estimate of drug-likeness (QED) is 0.732. The van der Waals surface area contributed by atoms with Gasteiger partial charge in [-0.2, -0.15) is 0 Å². The summed E-state index contributed by atoms with van der Waals surface area (Å²) in [5.41, 5.74) is 7.66. The Hall–Kier alpha value is -0.850. The van der Waals surface area contributed by atoms with Gasteiger partial charge in [-0.05, 0) is 43.1 Å². The number of amides is 1. The number of carbonyl (C=O) groups excluding carboxylic acids is 1. The third-order valence-corrected chi connectivity index (χ3v) is 6.92. The van der Waals surface area contributed by atoms with Gasteiger partial charge in [0.1, 0.15) is 0 Å². The van der Waals surface area contributed by atoms with E-state index >= 15 is 0 Å². The van der Waals surface area contributed by atoms with Crippen molar-refractivity contribution in [1.29, 1.82) is 0 Å². The SMILES string of the molecule is Cl.Cl.NC1C2CCCC1CC(C(=O)NCC(c1ccccc1)N1CCOCC1)C2. The van der Waals surface area contributed by atoms with Crippen molar-refractivity contribution in [1.82, 2.24) is 10.2 Å². The molecule has 1 aromatic carbocycles. The Morgan fingerprint density at radius 2 is 1.72 bits per heavy atom. The number of hydrogen-bond donors (Lipinski definition) is 2. The summed E-state index contributed by atoms with van der Waals surface area (Å²) in [5.74, 6) is 1.45. The Bertz CT molecular complexity index is 614. The molecular weight excluding hydrogens is 409 g/mol. The number of nitrogens with two attached hydrogens (primary N) is 1. The van der Waals surface area contributed by atoms with Gasteiger partial charge in [-0.3, -0.25) is 9.69 Å². The third kappa shape index (κ3) is 5.86. The van der Waals surface area contributed by atoms with Crippen LogP contribution >= 0.6 is 24.8 Å². The zero-order valence-corrected chi connectivity index (χ0v) is 18.6. The fourth-order valence-corrected chi connectivity index (χ4v) is 5.37. The van der Waals surface area contributed by atoms with Crippen LogP contribution in [0.5, 0.6) is 0 Å². The van der Waals surface area contributed by atoms with Gasteiger partial charge in [0, 0.05) is 31.6 Å². The van der Waals surface area contributed by atoms with Crippen molar-refractivity contribution in [2.24, 2.45) is 23.5 Å². The first-order valence-corrected chi connectivity index (χ1v) is 10.6. The first-order valence-electron chi connectivity index (χ1n) is 10.6. The van der Waals surface area contributed by atoms with Crippen molar-refractivity contribution in [2.75, 3.05) is 32.8 Å². The highest BCUT2D eigenvalue weighted by atomic mass is 35.5. The zero-order chi connectivity index (χ0) is 18.6. The molecule has 2 bridgehead atoms. The van der Waals surface area contributed by atoms with Crippen LogP contribution in [0.2, 0.25) is 0 Å². The molecule has 1 saturated heterocycles. The molecule has 2 saturated carbocycles. The van der Waals surface area contributed by atoms with Crippen molar-refractivity contribution in [2.45, 2.75) is 44.2 Å². The first kappa shape index (κ1) is 24.4. The maximum atomic E-state index is 13.0. The lowest BCUT2D eigenvalue weighted by molar-refractivity contribution is -0.128. The van der Waals surface area contributed by atoms with Gasteiger partial charge in [-0.15, -0.1) is 24.8 Å².